The molecule has 4 aromatic rings. The van der Waals surface area contributed by atoms with Crippen LogP contribution >= 0.6 is 15.9 Å². The third kappa shape index (κ3) is 6.25. The van der Waals surface area contributed by atoms with Gasteiger partial charge in [0.1, 0.15) is 12.4 Å². The fraction of sp³-hybridized carbons (Fsp3) is 0.290. The second-order valence-corrected chi connectivity index (χ2v) is 10.7. The van der Waals surface area contributed by atoms with Crippen LogP contribution in [0.25, 0.3) is 10.9 Å². The molecule has 1 heterocycles. The Labute approximate surface area is 240 Å². The molecular weight excluding hydrogens is 574 g/mol. The number of fused-ring (bicyclic) bond motifs is 1. The summed E-state index contributed by atoms with van der Waals surface area (Å²) in [4.78, 5) is 29.8. The van der Waals surface area contributed by atoms with E-state index in [1.165, 1.54) is 11.1 Å². The molecule has 8 nitrogen and oxygen atoms in total. The Kier molecular flexibility index (Phi) is 8.60. The van der Waals surface area contributed by atoms with Gasteiger partial charge in [0.25, 0.3) is 5.56 Å². The minimum Gasteiger partial charge on any atom is -0.490 e. The van der Waals surface area contributed by atoms with Crippen molar-refractivity contribution in [3.05, 3.63) is 98.0 Å². The van der Waals surface area contributed by atoms with Crippen molar-refractivity contribution >= 4 is 39.0 Å². The van der Waals surface area contributed by atoms with Gasteiger partial charge in [-0.15, -0.1) is 0 Å². The smallest absolute Gasteiger partial charge is 0.335 e. The van der Waals surface area contributed by atoms with Crippen molar-refractivity contribution in [1.29, 1.82) is 0 Å². The number of halogens is 1. The summed E-state index contributed by atoms with van der Waals surface area (Å²) in [5.41, 5.74) is 2.15. The van der Waals surface area contributed by atoms with E-state index in [9.17, 15) is 14.7 Å². The second-order valence-electron chi connectivity index (χ2n) is 9.76. The van der Waals surface area contributed by atoms with Gasteiger partial charge in [-0.1, -0.05) is 47.3 Å². The number of rotatable bonds is 9. The molecule has 0 bridgehead atoms. The molecule has 1 aromatic heterocycles. The molecule has 5 rings (SSSR count). The van der Waals surface area contributed by atoms with Gasteiger partial charge < -0.3 is 14.6 Å². The van der Waals surface area contributed by atoms with Gasteiger partial charge in [0.2, 0.25) is 0 Å². The van der Waals surface area contributed by atoms with Crippen molar-refractivity contribution in [2.45, 2.75) is 51.6 Å². The first-order valence-electron chi connectivity index (χ1n) is 13.4. The van der Waals surface area contributed by atoms with Gasteiger partial charge in [-0.25, -0.2) is 9.78 Å². The van der Waals surface area contributed by atoms with Crippen molar-refractivity contribution in [3.8, 4) is 11.5 Å². The van der Waals surface area contributed by atoms with Crippen LogP contribution in [0.1, 0.15) is 72.3 Å². The zero-order valence-corrected chi connectivity index (χ0v) is 23.8. The molecule has 0 unspecified atom stereocenters. The maximum atomic E-state index is 13.6. The lowest BCUT2D eigenvalue weighted by molar-refractivity contribution is 0.0696. The number of hydrogen-bond acceptors (Lipinski definition) is 6. The Morgan fingerprint density at radius 2 is 1.90 bits per heavy atom. The van der Waals surface area contributed by atoms with Crippen LogP contribution in [0.2, 0.25) is 0 Å². The first-order valence-corrected chi connectivity index (χ1v) is 14.2. The molecule has 3 aromatic carbocycles. The van der Waals surface area contributed by atoms with Crippen LogP contribution in [0, 0.1) is 0 Å². The number of nitrogens with zero attached hydrogens (tertiary/aromatic N) is 3. The SMILES string of the molecule is CCOc1cc(C=Nn2c(C3CCCCC3)nc3ccc(Br)cc3c2=O)ccc1OCc1cccc(C(=O)O)c1. The maximum absolute atomic E-state index is 13.6. The Balaban J connectivity index is 1.45. The van der Waals surface area contributed by atoms with Gasteiger partial charge in [-0.05, 0) is 79.4 Å². The molecule has 1 saturated carbocycles. The van der Waals surface area contributed by atoms with Gasteiger partial charge >= 0.3 is 5.97 Å². The summed E-state index contributed by atoms with van der Waals surface area (Å²) in [7, 11) is 0. The quantitative estimate of drug-likeness (QED) is 0.212. The van der Waals surface area contributed by atoms with E-state index < -0.39 is 5.97 Å². The molecule has 0 aliphatic heterocycles. The van der Waals surface area contributed by atoms with E-state index >= 15 is 0 Å². The molecule has 1 N–H and O–H groups in total. The highest BCUT2D eigenvalue weighted by atomic mass is 79.9. The summed E-state index contributed by atoms with van der Waals surface area (Å²) < 4.78 is 14.1. The highest BCUT2D eigenvalue weighted by Gasteiger charge is 2.22. The number of carbonyl (C=O) groups is 1. The predicted octanol–water partition coefficient (Wildman–Crippen LogP) is 6.76. The highest BCUT2D eigenvalue weighted by Crippen LogP contribution is 2.32. The molecule has 1 fully saturated rings. The zero-order chi connectivity index (χ0) is 28.1. The van der Waals surface area contributed by atoms with Crippen LogP contribution < -0.4 is 15.0 Å². The number of hydrogen-bond donors (Lipinski definition) is 1. The van der Waals surface area contributed by atoms with E-state index in [4.69, 9.17) is 14.5 Å². The first kappa shape index (κ1) is 27.6. The molecule has 0 radical (unpaired) electrons. The van der Waals surface area contributed by atoms with Crippen LogP contribution in [-0.4, -0.2) is 33.6 Å². The Bertz CT molecular complexity index is 1630. The summed E-state index contributed by atoms with van der Waals surface area (Å²) >= 11 is 3.46. The third-order valence-electron chi connectivity index (χ3n) is 6.96. The first-order chi connectivity index (χ1) is 19.4. The van der Waals surface area contributed by atoms with Crippen LogP contribution in [0.15, 0.2) is 75.0 Å². The molecule has 1 aliphatic carbocycles. The van der Waals surface area contributed by atoms with Gasteiger partial charge in [0.05, 0.1) is 29.3 Å². The minimum absolute atomic E-state index is 0.182. The maximum Gasteiger partial charge on any atom is 0.335 e. The molecule has 9 heteroatoms. The number of ether oxygens (including phenoxy) is 2. The van der Waals surface area contributed by atoms with Gasteiger partial charge in [-0.3, -0.25) is 4.79 Å². The number of carboxylic acids is 1. The van der Waals surface area contributed by atoms with E-state index in [0.717, 1.165) is 41.3 Å². The molecule has 1 aliphatic rings. The summed E-state index contributed by atoms with van der Waals surface area (Å²) in [5.74, 6) is 0.948. The fourth-order valence-corrected chi connectivity index (χ4v) is 5.34. The van der Waals surface area contributed by atoms with Crippen molar-refractivity contribution in [2.75, 3.05) is 6.61 Å². The fourth-order valence-electron chi connectivity index (χ4n) is 4.97. The van der Waals surface area contributed by atoms with Crippen LogP contribution in [0.3, 0.4) is 0 Å². The van der Waals surface area contributed by atoms with Gasteiger partial charge in [0, 0.05) is 10.4 Å². The van der Waals surface area contributed by atoms with E-state index in [1.807, 2.05) is 37.3 Å². The summed E-state index contributed by atoms with van der Waals surface area (Å²) in [5, 5.41) is 14.4. The van der Waals surface area contributed by atoms with E-state index in [0.29, 0.717) is 34.8 Å². The number of aromatic carboxylic acids is 1. The zero-order valence-electron chi connectivity index (χ0n) is 22.2. The van der Waals surface area contributed by atoms with Crippen LogP contribution in [-0.2, 0) is 6.61 Å². The normalized spacial score (nSPS) is 14.1. The van der Waals surface area contributed by atoms with E-state index in [-0.39, 0.29) is 23.6 Å². The molecule has 206 valence electrons. The van der Waals surface area contributed by atoms with E-state index in [2.05, 4.69) is 21.0 Å². The summed E-state index contributed by atoms with van der Waals surface area (Å²) in [6.07, 6.45) is 7.04. The second kappa shape index (κ2) is 12.5. The van der Waals surface area contributed by atoms with Gasteiger partial charge in [-0.2, -0.15) is 9.78 Å². The van der Waals surface area contributed by atoms with Crippen molar-refractivity contribution in [2.24, 2.45) is 5.10 Å². The topological polar surface area (TPSA) is 103 Å². The molecule has 0 spiro atoms. The standard InChI is InChI=1S/C31H30BrN3O5/c1-2-39-28-16-20(11-14-27(28)40-19-21-7-6-10-23(15-21)31(37)38)18-33-35-29(22-8-4-3-5-9-22)34-26-13-12-24(32)17-25(26)30(35)36/h6-7,10-18,22H,2-5,8-9,19H2,1H3,(H,37,38). The molecule has 0 atom stereocenters. The Morgan fingerprint density at radius 1 is 1.07 bits per heavy atom. The van der Waals surface area contributed by atoms with Crippen molar-refractivity contribution in [3.63, 3.8) is 0 Å². The number of benzene rings is 3. The van der Waals surface area contributed by atoms with Crippen LogP contribution in [0.5, 0.6) is 11.5 Å². The Hall–Kier alpha value is -3.98. The Morgan fingerprint density at radius 3 is 2.67 bits per heavy atom. The minimum atomic E-state index is -0.986. The monoisotopic (exact) mass is 603 g/mol. The van der Waals surface area contributed by atoms with Crippen molar-refractivity contribution in [1.82, 2.24) is 9.66 Å². The lowest BCUT2D eigenvalue weighted by atomic mass is 9.88. The summed E-state index contributed by atoms with van der Waals surface area (Å²) in [6.45, 7) is 2.50. The molecule has 0 amide bonds. The van der Waals surface area contributed by atoms with Crippen LogP contribution in [0.4, 0.5) is 0 Å². The molecule has 40 heavy (non-hydrogen) atoms. The number of carboxylic acid groups (broad SMARTS) is 1. The number of aromatic nitrogens is 2. The van der Waals surface area contributed by atoms with Gasteiger partial charge in [0.15, 0.2) is 11.5 Å². The highest BCUT2D eigenvalue weighted by molar-refractivity contribution is 9.10. The van der Waals surface area contributed by atoms with Crippen molar-refractivity contribution < 1.29 is 19.4 Å². The average Bonchev–Trinajstić information content (AvgIpc) is 2.97. The predicted molar refractivity (Wildman–Crippen MR) is 158 cm³/mol. The third-order valence-corrected chi connectivity index (χ3v) is 7.46. The van der Waals surface area contributed by atoms with E-state index in [1.54, 1.807) is 36.5 Å². The lowest BCUT2D eigenvalue weighted by Crippen LogP contribution is -2.25. The molecular formula is C31H30BrN3O5. The summed E-state index contributed by atoms with van der Waals surface area (Å²) in [6, 6.07) is 17.6. The lowest BCUT2D eigenvalue weighted by Gasteiger charge is -2.22. The average molecular weight is 605 g/mol. The largest absolute Gasteiger partial charge is 0.490 e. The molecule has 0 saturated heterocycles.